The molecule has 0 spiro atoms. The molecule has 0 fully saturated rings. The molecule has 1 heterocycles. The molecule has 0 saturated heterocycles. The fourth-order valence-corrected chi connectivity index (χ4v) is 0.725. The van der Waals surface area contributed by atoms with Gasteiger partial charge in [0.2, 0.25) is 6.17 Å². The Hall–Kier alpha value is -0.490. The minimum absolute atomic E-state index is 0.0594. The predicted molar refractivity (Wildman–Crippen MR) is 34.0 cm³/mol. The van der Waals surface area contributed by atoms with Crippen molar-refractivity contribution in [2.24, 2.45) is 4.99 Å². The highest BCUT2D eigenvalue weighted by atomic mass is 35.5. The molecule has 1 aliphatic heterocycles. The van der Waals surface area contributed by atoms with E-state index in [1.165, 1.54) is 0 Å². The van der Waals surface area contributed by atoms with Gasteiger partial charge in [0.25, 0.3) is 0 Å². The summed E-state index contributed by atoms with van der Waals surface area (Å²) in [5.41, 5.74) is 2.03. The minimum atomic E-state index is -4.35. The normalized spacial score (nSPS) is 24.7. The number of hydrogen-bond donors (Lipinski definition) is 1. The number of hydrogen-bond acceptors (Lipinski definition) is 3. The summed E-state index contributed by atoms with van der Waals surface area (Å²) in [6.45, 7) is 0. The van der Waals surface area contributed by atoms with Crippen LogP contribution in [0.3, 0.4) is 0 Å². The Balaban J connectivity index is 2.50. The number of hydrazine groups is 1. The van der Waals surface area contributed by atoms with Crippen LogP contribution in [0.5, 0.6) is 0 Å². The maximum atomic E-state index is 11.8. The van der Waals surface area contributed by atoms with Gasteiger partial charge >= 0.3 is 6.18 Å². The van der Waals surface area contributed by atoms with Crippen LogP contribution in [0.15, 0.2) is 4.99 Å². The summed E-state index contributed by atoms with van der Waals surface area (Å²) >= 11 is 5.23. The second-order valence-corrected chi connectivity index (χ2v) is 2.17. The highest BCUT2D eigenvalue weighted by molar-refractivity contribution is 6.18. The van der Waals surface area contributed by atoms with Crippen LogP contribution in [-0.2, 0) is 0 Å². The number of nitrogens with zero attached hydrogens (tertiary/aromatic N) is 2. The van der Waals surface area contributed by atoms with Crippen molar-refractivity contribution in [1.29, 1.82) is 0 Å². The monoisotopic (exact) mass is 187 g/mol. The number of nitrogens with one attached hydrogen (secondary N) is 1. The fourth-order valence-electron chi connectivity index (χ4n) is 0.594. The van der Waals surface area contributed by atoms with Crippen molar-refractivity contribution in [2.45, 2.75) is 12.3 Å². The first-order valence-electron chi connectivity index (χ1n) is 2.73. The molecular weight excluding hydrogens is 183 g/mol. The van der Waals surface area contributed by atoms with E-state index in [2.05, 4.69) is 4.99 Å². The second-order valence-electron chi connectivity index (χ2n) is 1.93. The van der Waals surface area contributed by atoms with Crippen LogP contribution in [-0.4, -0.2) is 29.7 Å². The Kier molecular flexibility index (Phi) is 2.24. The van der Waals surface area contributed by atoms with Crippen molar-refractivity contribution in [1.82, 2.24) is 10.4 Å². The van der Waals surface area contributed by atoms with Crippen molar-refractivity contribution >= 4 is 17.9 Å². The molecule has 0 saturated carbocycles. The van der Waals surface area contributed by atoms with Crippen molar-refractivity contribution in [3.8, 4) is 0 Å². The molecule has 1 atom stereocenters. The summed E-state index contributed by atoms with van der Waals surface area (Å²) in [5, 5.41) is 1.06. The number of aliphatic imine (C=N–C) groups is 1. The zero-order valence-electron chi connectivity index (χ0n) is 5.27. The van der Waals surface area contributed by atoms with E-state index in [1.54, 1.807) is 0 Å². The van der Waals surface area contributed by atoms with Crippen LogP contribution in [0.2, 0.25) is 0 Å². The van der Waals surface area contributed by atoms with Gasteiger partial charge in [0.1, 0.15) is 12.3 Å². The largest absolute Gasteiger partial charge is 0.425 e. The SMILES string of the molecule is FC(F)(F)C1N=CN(CCl)N1. The first-order valence-corrected chi connectivity index (χ1v) is 3.26. The molecule has 0 aromatic rings. The van der Waals surface area contributed by atoms with E-state index in [-0.39, 0.29) is 6.00 Å². The van der Waals surface area contributed by atoms with Gasteiger partial charge in [0.05, 0.1) is 0 Å². The summed E-state index contributed by atoms with van der Waals surface area (Å²) in [6, 6.07) is -0.0594. The second kappa shape index (κ2) is 2.86. The van der Waals surface area contributed by atoms with Gasteiger partial charge in [-0.1, -0.05) is 0 Å². The molecule has 0 aliphatic carbocycles. The predicted octanol–water partition coefficient (Wildman–Crippen LogP) is 0.920. The third-order valence-corrected chi connectivity index (χ3v) is 1.34. The molecule has 7 heteroatoms. The first-order chi connectivity index (χ1) is 5.04. The average molecular weight is 188 g/mol. The summed E-state index contributed by atoms with van der Waals surface area (Å²) < 4.78 is 35.5. The summed E-state index contributed by atoms with van der Waals surface area (Å²) in [5.74, 6) is 0. The van der Waals surface area contributed by atoms with E-state index in [1.807, 2.05) is 5.43 Å². The van der Waals surface area contributed by atoms with E-state index in [0.29, 0.717) is 0 Å². The van der Waals surface area contributed by atoms with Gasteiger partial charge in [-0.05, 0) is 0 Å². The van der Waals surface area contributed by atoms with Gasteiger partial charge in [-0.15, -0.1) is 11.6 Å². The molecule has 11 heavy (non-hydrogen) atoms. The van der Waals surface area contributed by atoms with Crippen molar-refractivity contribution < 1.29 is 13.2 Å². The van der Waals surface area contributed by atoms with Gasteiger partial charge in [-0.3, -0.25) is 5.01 Å². The van der Waals surface area contributed by atoms with Gasteiger partial charge in [-0.2, -0.15) is 18.6 Å². The molecule has 0 aromatic heterocycles. The van der Waals surface area contributed by atoms with Crippen LogP contribution in [0.4, 0.5) is 13.2 Å². The molecular formula is C4H5ClF3N3. The molecule has 1 aliphatic rings. The Morgan fingerprint density at radius 2 is 2.27 bits per heavy atom. The smallest absolute Gasteiger partial charge is 0.281 e. The molecule has 0 amide bonds. The summed E-state index contributed by atoms with van der Waals surface area (Å²) in [7, 11) is 0. The standard InChI is InChI=1S/C4H5ClF3N3/c5-1-11-2-9-3(10-11)4(6,7)8/h2-3,10H,1H2. The molecule has 1 unspecified atom stereocenters. The highest BCUT2D eigenvalue weighted by Gasteiger charge is 2.42. The van der Waals surface area contributed by atoms with E-state index in [4.69, 9.17) is 11.6 Å². The molecule has 0 radical (unpaired) electrons. The molecule has 0 aromatic carbocycles. The van der Waals surface area contributed by atoms with Crippen LogP contribution in [0, 0.1) is 0 Å². The zero-order valence-corrected chi connectivity index (χ0v) is 6.02. The molecule has 3 nitrogen and oxygen atoms in total. The number of rotatable bonds is 1. The van der Waals surface area contributed by atoms with Gasteiger partial charge in [-0.25, -0.2) is 4.99 Å². The van der Waals surface area contributed by atoms with Gasteiger partial charge < -0.3 is 0 Å². The maximum absolute atomic E-state index is 11.8. The third kappa shape index (κ3) is 1.97. The average Bonchev–Trinajstić information content (AvgIpc) is 2.32. The minimum Gasteiger partial charge on any atom is -0.281 e. The number of alkyl halides is 4. The lowest BCUT2D eigenvalue weighted by Crippen LogP contribution is -2.43. The number of halogens is 4. The van der Waals surface area contributed by atoms with E-state index < -0.39 is 12.3 Å². The lowest BCUT2D eigenvalue weighted by Gasteiger charge is -2.16. The van der Waals surface area contributed by atoms with Gasteiger partial charge in [0.15, 0.2) is 0 Å². The molecule has 1 N–H and O–H groups in total. The highest BCUT2D eigenvalue weighted by Crippen LogP contribution is 2.22. The van der Waals surface area contributed by atoms with E-state index in [0.717, 1.165) is 11.3 Å². The van der Waals surface area contributed by atoms with Gasteiger partial charge in [0, 0.05) is 0 Å². The fraction of sp³-hybridized carbons (Fsp3) is 0.750. The molecule has 0 bridgehead atoms. The van der Waals surface area contributed by atoms with Crippen LogP contribution in [0.1, 0.15) is 0 Å². The lowest BCUT2D eigenvalue weighted by molar-refractivity contribution is -0.157. The van der Waals surface area contributed by atoms with E-state index >= 15 is 0 Å². The summed E-state index contributed by atoms with van der Waals surface area (Å²) in [6.07, 6.45) is -5.18. The topological polar surface area (TPSA) is 27.6 Å². The lowest BCUT2D eigenvalue weighted by atomic mass is 10.5. The summed E-state index contributed by atoms with van der Waals surface area (Å²) in [4.78, 5) is 3.14. The third-order valence-electron chi connectivity index (χ3n) is 1.08. The van der Waals surface area contributed by atoms with E-state index in [9.17, 15) is 13.2 Å². The Morgan fingerprint density at radius 1 is 1.64 bits per heavy atom. The van der Waals surface area contributed by atoms with Crippen LogP contribution >= 0.6 is 11.6 Å². The Morgan fingerprint density at radius 3 is 2.55 bits per heavy atom. The van der Waals surface area contributed by atoms with Crippen LogP contribution in [0.25, 0.3) is 0 Å². The first kappa shape index (κ1) is 8.61. The van der Waals surface area contributed by atoms with Crippen molar-refractivity contribution in [2.75, 3.05) is 6.00 Å². The Labute approximate surface area is 65.8 Å². The van der Waals surface area contributed by atoms with Crippen LogP contribution < -0.4 is 5.43 Å². The zero-order chi connectivity index (χ0) is 8.48. The quantitative estimate of drug-likeness (QED) is 0.488. The van der Waals surface area contributed by atoms with Crippen molar-refractivity contribution in [3.63, 3.8) is 0 Å². The maximum Gasteiger partial charge on any atom is 0.425 e. The Bertz CT molecular complexity index is 168. The van der Waals surface area contributed by atoms with Crippen molar-refractivity contribution in [3.05, 3.63) is 0 Å². The molecule has 1 rings (SSSR count). The molecule has 64 valence electrons.